The zero-order chi connectivity index (χ0) is 63.2. The van der Waals surface area contributed by atoms with Crippen LogP contribution in [0.15, 0.2) is 0 Å². The molecule has 1 rings (SSSR count). The van der Waals surface area contributed by atoms with Crippen LogP contribution in [0.4, 0.5) is 0 Å². The molecular formula is C48H72O28. The van der Waals surface area contributed by atoms with Gasteiger partial charge in [-0.3, -0.25) is 105 Å². The van der Waals surface area contributed by atoms with E-state index >= 15 is 0 Å². The SMILES string of the molecule is CC(=O)CC(=O)O.CC(=O)CC(=O)O.CC(=O)CC(=O)O.CC(=O)CC(=O)O.CC(=O)CC(=O)O.CC(=O)CC(C)=O.CC(=O)CC(C)=O.CC(=O)CC(C)=O.CC(=O)CC(C)=O.CC(=O)CC(C)=O.O=C1CC(=O)O1. The highest BCUT2D eigenvalue weighted by Gasteiger charge is 2.24. The summed E-state index contributed by atoms with van der Waals surface area (Å²) in [6, 6.07) is 0. The largest absolute Gasteiger partial charge is 0.481 e. The topological polar surface area (TPSA) is 486 Å². The Balaban J connectivity index is -0.0000000788. The Morgan fingerprint density at radius 3 is 0.316 bits per heavy atom. The highest BCUT2D eigenvalue weighted by Crippen LogP contribution is 2.00. The number of Topliss-reactive ketones (excluding diaryl/α,β-unsaturated/α-hetero) is 15. The molecule has 0 aromatic carbocycles. The lowest BCUT2D eigenvalue weighted by atomic mass is 10.2. The molecular weight excluding hydrogens is 1020 g/mol. The summed E-state index contributed by atoms with van der Waals surface area (Å²) in [5.74, 6) is -8.33. The molecule has 1 fully saturated rings. The van der Waals surface area contributed by atoms with Crippen molar-refractivity contribution in [2.24, 2.45) is 0 Å². The van der Waals surface area contributed by atoms with E-state index in [2.05, 4.69) is 4.74 Å². The molecule has 0 radical (unpaired) electrons. The van der Waals surface area contributed by atoms with Crippen molar-refractivity contribution in [3.05, 3.63) is 0 Å². The molecule has 0 spiro atoms. The van der Waals surface area contributed by atoms with Crippen LogP contribution >= 0.6 is 0 Å². The molecule has 0 bridgehead atoms. The Kier molecular flexibility index (Phi) is 70.2. The van der Waals surface area contributed by atoms with Crippen molar-refractivity contribution in [1.82, 2.24) is 0 Å². The van der Waals surface area contributed by atoms with E-state index in [1.807, 2.05) is 0 Å². The summed E-state index contributed by atoms with van der Waals surface area (Å²) in [5, 5.41) is 39.3. The van der Waals surface area contributed by atoms with Crippen LogP contribution in [0.25, 0.3) is 0 Å². The number of hydrogen-bond acceptors (Lipinski definition) is 23. The van der Waals surface area contributed by atoms with E-state index in [0.717, 1.165) is 0 Å². The first kappa shape index (κ1) is 90.3. The van der Waals surface area contributed by atoms with Gasteiger partial charge in [0, 0.05) is 0 Å². The molecule has 0 aromatic rings. The molecule has 28 heteroatoms. The average molecular weight is 1100 g/mol. The van der Waals surface area contributed by atoms with Crippen molar-refractivity contribution >= 4 is 129 Å². The number of aliphatic carboxylic acids is 5. The number of cyclic esters (lactones) is 2. The van der Waals surface area contributed by atoms with Crippen molar-refractivity contribution in [2.75, 3.05) is 0 Å². The minimum absolute atomic E-state index is 0.0278. The summed E-state index contributed by atoms with van der Waals surface area (Å²) >= 11 is 0. The van der Waals surface area contributed by atoms with Gasteiger partial charge in [-0.25, -0.2) is 0 Å². The fraction of sp³-hybridized carbons (Fsp3) is 0.542. The third-order valence-corrected chi connectivity index (χ3v) is 5.01. The molecule has 0 aliphatic carbocycles. The van der Waals surface area contributed by atoms with Gasteiger partial charge in [-0.15, -0.1) is 0 Å². The van der Waals surface area contributed by atoms with Gasteiger partial charge < -0.3 is 30.3 Å². The molecule has 0 amide bonds. The minimum atomic E-state index is -1.06. The number of ketones is 15. The smallest absolute Gasteiger partial charge is 0.324 e. The van der Waals surface area contributed by atoms with Crippen molar-refractivity contribution in [3.8, 4) is 0 Å². The third-order valence-electron chi connectivity index (χ3n) is 5.01. The highest BCUT2D eigenvalue weighted by molar-refractivity contribution is 6.06. The lowest BCUT2D eigenvalue weighted by Gasteiger charge is -2.06. The molecule has 1 saturated heterocycles. The molecule has 0 saturated carbocycles. The van der Waals surface area contributed by atoms with Crippen molar-refractivity contribution in [3.63, 3.8) is 0 Å². The maximum absolute atomic E-state index is 10.0. The van der Waals surface area contributed by atoms with Gasteiger partial charge in [0.25, 0.3) is 0 Å². The summed E-state index contributed by atoms with van der Waals surface area (Å²) in [4.78, 5) is 217. The second-order valence-corrected chi connectivity index (χ2v) is 15.3. The number of rotatable bonds is 20. The predicted octanol–water partition coefficient (Wildman–Crippen LogP) is 2.48. The van der Waals surface area contributed by atoms with E-state index in [0.29, 0.717) is 0 Å². The molecule has 432 valence electrons. The summed E-state index contributed by atoms with van der Waals surface area (Å²) in [5.41, 5.74) is 0. The van der Waals surface area contributed by atoms with Crippen LogP contribution in [0.5, 0.6) is 0 Å². The second-order valence-electron chi connectivity index (χ2n) is 15.3. The maximum Gasteiger partial charge on any atom is 0.324 e. The molecule has 1 aliphatic heterocycles. The lowest BCUT2D eigenvalue weighted by molar-refractivity contribution is -0.175. The van der Waals surface area contributed by atoms with E-state index in [1.54, 1.807) is 0 Å². The molecule has 0 atom stereocenters. The van der Waals surface area contributed by atoms with Gasteiger partial charge in [-0.05, 0) is 104 Å². The first-order valence-corrected chi connectivity index (χ1v) is 21.3. The van der Waals surface area contributed by atoms with Crippen molar-refractivity contribution in [2.45, 2.75) is 174 Å². The van der Waals surface area contributed by atoms with Crippen LogP contribution in [0.1, 0.15) is 174 Å². The second kappa shape index (κ2) is 59.1. The third kappa shape index (κ3) is 175. The summed E-state index contributed by atoms with van der Waals surface area (Å²) in [6.45, 7) is 20.3. The van der Waals surface area contributed by atoms with Gasteiger partial charge >= 0.3 is 41.8 Å². The Hall–Kier alpha value is -8.46. The Morgan fingerprint density at radius 1 is 0.237 bits per heavy atom. The Bertz CT molecular complexity index is 1480. The normalized spacial score (nSPS) is 9.09. The van der Waals surface area contributed by atoms with Gasteiger partial charge in [0.2, 0.25) is 0 Å². The standard InChI is InChI=1S/5C5H8O2.5C4H6O3.C3H2O3/c5*1-4(6)3-5(2)7;5*1-3(5)2-4(6)7;4-2-1-3(5)6-2/h5*3H2,1-2H3;5*2H2,1H3,(H,6,7);1H2. The minimum Gasteiger partial charge on any atom is -0.481 e. The van der Waals surface area contributed by atoms with Crippen LogP contribution < -0.4 is 0 Å². The molecule has 0 unspecified atom stereocenters. The lowest BCUT2D eigenvalue weighted by Crippen LogP contribution is -2.26. The zero-order valence-electron chi connectivity index (χ0n) is 45.4. The molecule has 28 nitrogen and oxygen atoms in total. The summed E-state index contributed by atoms with van der Waals surface area (Å²) in [7, 11) is 0. The van der Waals surface area contributed by atoms with Gasteiger partial charge in [0.05, 0.1) is 32.1 Å². The number of hydrogen-bond donors (Lipinski definition) is 5. The van der Waals surface area contributed by atoms with Gasteiger partial charge in [0.1, 0.15) is 125 Å². The average Bonchev–Trinajstić information content (AvgIpc) is 3.08. The van der Waals surface area contributed by atoms with E-state index < -0.39 is 41.8 Å². The number of carboxylic acids is 5. The van der Waals surface area contributed by atoms with Crippen LogP contribution in [0.3, 0.4) is 0 Å². The van der Waals surface area contributed by atoms with Gasteiger partial charge in [-0.1, -0.05) is 0 Å². The molecule has 1 aliphatic rings. The zero-order valence-corrected chi connectivity index (χ0v) is 45.4. The maximum atomic E-state index is 10.0. The number of carbonyl (C=O) groups excluding carboxylic acids is 17. The van der Waals surface area contributed by atoms with Crippen LogP contribution in [0, 0.1) is 0 Å². The number of carboxylic acid groups (broad SMARTS) is 5. The monoisotopic (exact) mass is 1100 g/mol. The molecule has 0 aromatic heterocycles. The highest BCUT2D eigenvalue weighted by atomic mass is 16.6. The number of ether oxygens (including phenoxy) is 1. The van der Waals surface area contributed by atoms with E-state index in [9.17, 15) is 105 Å². The summed E-state index contributed by atoms with van der Waals surface area (Å²) in [6.07, 6.45) is -1.42. The fourth-order valence-corrected chi connectivity index (χ4v) is 3.05. The van der Waals surface area contributed by atoms with Crippen LogP contribution in [-0.2, 0) is 110 Å². The Labute approximate surface area is 438 Å². The fourth-order valence-electron chi connectivity index (χ4n) is 3.05. The number of esters is 2. The first-order valence-electron chi connectivity index (χ1n) is 21.3. The predicted molar refractivity (Wildman–Crippen MR) is 260 cm³/mol. The van der Waals surface area contributed by atoms with E-state index in [-0.39, 0.29) is 157 Å². The van der Waals surface area contributed by atoms with Crippen molar-refractivity contribution < 1.29 is 136 Å². The number of carbonyl (C=O) groups is 22. The molecule has 1 heterocycles. The molecule has 76 heavy (non-hydrogen) atoms. The van der Waals surface area contributed by atoms with E-state index in [4.69, 9.17) is 25.5 Å². The van der Waals surface area contributed by atoms with E-state index in [1.165, 1.54) is 104 Å². The Morgan fingerprint density at radius 2 is 0.316 bits per heavy atom. The first-order chi connectivity index (χ1) is 34.0. The van der Waals surface area contributed by atoms with Gasteiger partial charge in [0.15, 0.2) is 0 Å². The van der Waals surface area contributed by atoms with Gasteiger partial charge in [-0.2, -0.15) is 0 Å². The van der Waals surface area contributed by atoms with Crippen LogP contribution in [0.2, 0.25) is 0 Å². The quantitative estimate of drug-likeness (QED) is 0.0863. The summed E-state index contributed by atoms with van der Waals surface area (Å²) < 4.78 is 3.86. The van der Waals surface area contributed by atoms with Crippen molar-refractivity contribution in [1.29, 1.82) is 0 Å². The molecule has 5 N–H and O–H groups in total. The van der Waals surface area contributed by atoms with Crippen LogP contribution in [-0.4, -0.2) is 154 Å².